The maximum Gasteiger partial charge on any atom is 0.224 e. The average molecular weight is 226 g/mol. The van der Waals surface area contributed by atoms with Gasteiger partial charge in [-0.05, 0) is 25.4 Å². The zero-order chi connectivity index (χ0) is 11.3. The van der Waals surface area contributed by atoms with Crippen LogP contribution in [0, 0.1) is 5.92 Å². The number of thiophene rings is 1. The third kappa shape index (κ3) is 3.64. The van der Waals surface area contributed by atoms with Crippen LogP contribution in [0.1, 0.15) is 24.8 Å². The van der Waals surface area contributed by atoms with Gasteiger partial charge in [0.15, 0.2) is 0 Å². The number of carbonyl (C=O) groups excluding carboxylic acids is 1. The quantitative estimate of drug-likeness (QED) is 0.803. The highest BCUT2D eigenvalue weighted by Gasteiger charge is 2.15. The zero-order valence-corrected chi connectivity index (χ0v) is 10.2. The van der Waals surface area contributed by atoms with Crippen molar-refractivity contribution in [2.75, 3.05) is 13.6 Å². The molecule has 0 saturated heterocycles. The van der Waals surface area contributed by atoms with Crippen LogP contribution in [0.5, 0.6) is 0 Å². The zero-order valence-electron chi connectivity index (χ0n) is 9.41. The second-order valence-electron chi connectivity index (χ2n) is 3.70. The van der Waals surface area contributed by atoms with E-state index in [9.17, 15) is 4.79 Å². The summed E-state index contributed by atoms with van der Waals surface area (Å²) in [5, 5.41) is 8.02. The van der Waals surface area contributed by atoms with Gasteiger partial charge in [-0.2, -0.15) is 0 Å². The van der Waals surface area contributed by atoms with Crippen LogP contribution in [0.3, 0.4) is 0 Å². The molecule has 1 rings (SSSR count). The molecule has 4 heteroatoms. The van der Waals surface area contributed by atoms with E-state index in [2.05, 4.69) is 10.6 Å². The second-order valence-corrected chi connectivity index (χ2v) is 4.68. The van der Waals surface area contributed by atoms with Crippen LogP contribution in [-0.2, 0) is 4.79 Å². The highest BCUT2D eigenvalue weighted by molar-refractivity contribution is 7.10. The van der Waals surface area contributed by atoms with Gasteiger partial charge in [-0.15, -0.1) is 11.3 Å². The van der Waals surface area contributed by atoms with E-state index in [1.165, 1.54) is 4.88 Å². The van der Waals surface area contributed by atoms with E-state index >= 15 is 0 Å². The van der Waals surface area contributed by atoms with E-state index in [1.54, 1.807) is 11.3 Å². The first-order valence-corrected chi connectivity index (χ1v) is 6.01. The Morgan fingerprint density at radius 2 is 2.27 bits per heavy atom. The molecule has 1 heterocycles. The third-order valence-electron chi connectivity index (χ3n) is 2.29. The van der Waals surface area contributed by atoms with Crippen LogP contribution in [0.15, 0.2) is 17.5 Å². The molecule has 15 heavy (non-hydrogen) atoms. The largest absolute Gasteiger partial charge is 0.348 e. The second kappa shape index (κ2) is 5.88. The average Bonchev–Trinajstić information content (AvgIpc) is 2.70. The van der Waals surface area contributed by atoms with Crippen molar-refractivity contribution in [2.45, 2.75) is 19.9 Å². The molecule has 84 valence electrons. The molecule has 2 atom stereocenters. The molecule has 2 unspecified atom stereocenters. The molecular formula is C11H18N2OS. The van der Waals surface area contributed by atoms with Crippen LogP contribution >= 0.6 is 11.3 Å². The number of hydrogen-bond donors (Lipinski definition) is 2. The predicted octanol–water partition coefficient (Wildman–Crippen LogP) is 1.78. The summed E-state index contributed by atoms with van der Waals surface area (Å²) in [5.74, 6) is 0.114. The van der Waals surface area contributed by atoms with Gasteiger partial charge in [0.05, 0.1) is 6.04 Å². The molecule has 0 bridgehead atoms. The first-order valence-electron chi connectivity index (χ1n) is 5.13. The van der Waals surface area contributed by atoms with Gasteiger partial charge in [-0.3, -0.25) is 4.79 Å². The maximum absolute atomic E-state index is 11.7. The Bertz CT molecular complexity index is 298. The highest BCUT2D eigenvalue weighted by atomic mass is 32.1. The maximum atomic E-state index is 11.7. The minimum Gasteiger partial charge on any atom is -0.348 e. The Labute approximate surface area is 94.9 Å². The van der Waals surface area contributed by atoms with Gasteiger partial charge >= 0.3 is 0 Å². The van der Waals surface area contributed by atoms with E-state index in [4.69, 9.17) is 0 Å². The van der Waals surface area contributed by atoms with Crippen LogP contribution in [0.2, 0.25) is 0 Å². The van der Waals surface area contributed by atoms with Gasteiger partial charge in [0.25, 0.3) is 0 Å². The lowest BCUT2D eigenvalue weighted by atomic mass is 10.1. The van der Waals surface area contributed by atoms with Crippen LogP contribution < -0.4 is 10.6 Å². The number of nitrogens with one attached hydrogen (secondary N) is 2. The minimum atomic E-state index is 0.0115. The molecule has 1 aromatic rings. The van der Waals surface area contributed by atoms with E-state index in [0.717, 1.165) is 0 Å². The summed E-state index contributed by atoms with van der Waals surface area (Å²) in [6.45, 7) is 4.64. The van der Waals surface area contributed by atoms with Crippen molar-refractivity contribution < 1.29 is 4.79 Å². The van der Waals surface area contributed by atoms with Crippen LogP contribution in [0.4, 0.5) is 0 Å². The van der Waals surface area contributed by atoms with Crippen molar-refractivity contribution in [1.82, 2.24) is 10.6 Å². The van der Waals surface area contributed by atoms with Crippen molar-refractivity contribution in [1.29, 1.82) is 0 Å². The van der Waals surface area contributed by atoms with Crippen LogP contribution in [0.25, 0.3) is 0 Å². The third-order valence-corrected chi connectivity index (χ3v) is 3.34. The summed E-state index contributed by atoms with van der Waals surface area (Å²) in [5.41, 5.74) is 0. The molecule has 0 radical (unpaired) electrons. The van der Waals surface area contributed by atoms with E-state index in [-0.39, 0.29) is 17.9 Å². The highest BCUT2D eigenvalue weighted by Crippen LogP contribution is 2.18. The molecule has 0 aromatic carbocycles. The smallest absolute Gasteiger partial charge is 0.224 e. The lowest BCUT2D eigenvalue weighted by Gasteiger charge is -2.16. The molecule has 2 N–H and O–H groups in total. The Morgan fingerprint density at radius 1 is 1.53 bits per heavy atom. The molecule has 1 aromatic heterocycles. The number of hydrogen-bond acceptors (Lipinski definition) is 3. The molecule has 1 amide bonds. The lowest BCUT2D eigenvalue weighted by Crippen LogP contribution is -2.35. The Balaban J connectivity index is 2.44. The number of amides is 1. The van der Waals surface area contributed by atoms with Gasteiger partial charge in [0, 0.05) is 17.3 Å². The van der Waals surface area contributed by atoms with Gasteiger partial charge in [-0.25, -0.2) is 0 Å². The minimum absolute atomic E-state index is 0.0115. The SMILES string of the molecule is CNCC(C)C(=O)NC(C)c1cccs1. The Morgan fingerprint density at radius 3 is 2.80 bits per heavy atom. The van der Waals surface area contributed by atoms with E-state index in [1.807, 2.05) is 38.4 Å². The predicted molar refractivity (Wildman–Crippen MR) is 64.0 cm³/mol. The summed E-state index contributed by atoms with van der Waals surface area (Å²) in [6.07, 6.45) is 0. The fourth-order valence-corrected chi connectivity index (χ4v) is 2.10. The monoisotopic (exact) mass is 226 g/mol. The van der Waals surface area contributed by atoms with Crippen molar-refractivity contribution in [2.24, 2.45) is 5.92 Å². The van der Waals surface area contributed by atoms with Crippen LogP contribution in [-0.4, -0.2) is 19.5 Å². The van der Waals surface area contributed by atoms with Gasteiger partial charge in [0.2, 0.25) is 5.91 Å². The van der Waals surface area contributed by atoms with Crippen molar-refractivity contribution in [3.63, 3.8) is 0 Å². The fraction of sp³-hybridized carbons (Fsp3) is 0.545. The summed E-state index contributed by atoms with van der Waals surface area (Å²) < 4.78 is 0. The molecule has 3 nitrogen and oxygen atoms in total. The summed E-state index contributed by atoms with van der Waals surface area (Å²) in [7, 11) is 1.85. The van der Waals surface area contributed by atoms with Gasteiger partial charge < -0.3 is 10.6 Å². The Kier molecular flexibility index (Phi) is 4.78. The lowest BCUT2D eigenvalue weighted by molar-refractivity contribution is -0.125. The van der Waals surface area contributed by atoms with Gasteiger partial charge in [0.1, 0.15) is 0 Å². The topological polar surface area (TPSA) is 41.1 Å². The first kappa shape index (κ1) is 12.2. The standard InChI is InChI=1S/C11H18N2OS/c1-8(7-12-3)11(14)13-9(2)10-5-4-6-15-10/h4-6,8-9,12H,7H2,1-3H3,(H,13,14). The molecule has 0 aliphatic heterocycles. The van der Waals surface area contributed by atoms with Crippen molar-refractivity contribution in [3.05, 3.63) is 22.4 Å². The molecule has 0 aliphatic carbocycles. The van der Waals surface area contributed by atoms with Gasteiger partial charge in [-0.1, -0.05) is 13.0 Å². The normalized spacial score (nSPS) is 14.6. The number of carbonyl (C=O) groups is 1. The fourth-order valence-electron chi connectivity index (χ4n) is 1.36. The summed E-state index contributed by atoms with van der Waals surface area (Å²) >= 11 is 1.67. The first-order chi connectivity index (χ1) is 7.15. The van der Waals surface area contributed by atoms with E-state index < -0.39 is 0 Å². The van der Waals surface area contributed by atoms with Crippen molar-refractivity contribution >= 4 is 17.2 Å². The van der Waals surface area contributed by atoms with Crippen molar-refractivity contribution in [3.8, 4) is 0 Å². The molecule has 0 saturated carbocycles. The molecule has 0 fully saturated rings. The van der Waals surface area contributed by atoms with E-state index in [0.29, 0.717) is 6.54 Å². The summed E-state index contributed by atoms with van der Waals surface area (Å²) in [4.78, 5) is 12.9. The molecule has 0 aliphatic rings. The molecular weight excluding hydrogens is 208 g/mol. The molecule has 0 spiro atoms. The number of rotatable bonds is 5. The summed E-state index contributed by atoms with van der Waals surface area (Å²) in [6, 6.07) is 4.15. The Hall–Kier alpha value is -0.870.